The number of para-hydroxylation sites is 1. The van der Waals surface area contributed by atoms with E-state index < -0.39 is 15.7 Å². The van der Waals surface area contributed by atoms with Crippen molar-refractivity contribution in [3.8, 4) is 11.5 Å². The van der Waals surface area contributed by atoms with Crippen molar-refractivity contribution in [1.29, 1.82) is 0 Å². The fourth-order valence-corrected chi connectivity index (χ4v) is 3.85. The standard InChI is InChI=1S/C17H12N4O4S2/c1-27(23,24)11-8-6-10(7-9-11)15-20-21-17(25-15)19-14(22)16-18-12-4-2-3-5-13(12)26-16/h2-9H,1H3,(H,19,21,22). The highest BCUT2D eigenvalue weighted by Gasteiger charge is 2.16. The van der Waals surface area contributed by atoms with E-state index in [2.05, 4.69) is 20.5 Å². The van der Waals surface area contributed by atoms with Gasteiger partial charge in [0.2, 0.25) is 5.89 Å². The number of carbonyl (C=O) groups is 1. The van der Waals surface area contributed by atoms with Crippen molar-refractivity contribution in [3.05, 3.63) is 53.5 Å². The molecule has 0 radical (unpaired) electrons. The lowest BCUT2D eigenvalue weighted by Crippen LogP contribution is -2.11. The lowest BCUT2D eigenvalue weighted by molar-refractivity contribution is 0.102. The third-order valence-electron chi connectivity index (χ3n) is 3.66. The van der Waals surface area contributed by atoms with Crippen LogP contribution < -0.4 is 5.32 Å². The number of thiazole rings is 1. The molecule has 27 heavy (non-hydrogen) atoms. The van der Waals surface area contributed by atoms with Gasteiger partial charge in [-0.3, -0.25) is 10.1 Å². The largest absolute Gasteiger partial charge is 0.403 e. The average molecular weight is 400 g/mol. The summed E-state index contributed by atoms with van der Waals surface area (Å²) in [4.78, 5) is 16.8. The van der Waals surface area contributed by atoms with Gasteiger partial charge in [-0.05, 0) is 36.4 Å². The Labute approximate surface area is 157 Å². The summed E-state index contributed by atoms with van der Waals surface area (Å²) in [5.74, 6) is -0.284. The van der Waals surface area contributed by atoms with Crippen LogP contribution in [0, 0.1) is 0 Å². The zero-order valence-electron chi connectivity index (χ0n) is 13.9. The molecule has 0 fully saturated rings. The molecule has 0 saturated carbocycles. The molecular formula is C17H12N4O4S2. The average Bonchev–Trinajstić information content (AvgIpc) is 3.28. The summed E-state index contributed by atoms with van der Waals surface area (Å²) >= 11 is 1.26. The zero-order chi connectivity index (χ0) is 19.0. The topological polar surface area (TPSA) is 115 Å². The number of nitrogens with zero attached hydrogens (tertiary/aromatic N) is 3. The molecule has 8 nitrogen and oxygen atoms in total. The van der Waals surface area contributed by atoms with Gasteiger partial charge in [-0.1, -0.05) is 17.2 Å². The number of amides is 1. The van der Waals surface area contributed by atoms with E-state index in [1.807, 2.05) is 24.3 Å². The van der Waals surface area contributed by atoms with E-state index >= 15 is 0 Å². The van der Waals surface area contributed by atoms with E-state index in [4.69, 9.17) is 4.42 Å². The van der Waals surface area contributed by atoms with E-state index in [1.54, 1.807) is 12.1 Å². The van der Waals surface area contributed by atoms with Crippen molar-refractivity contribution in [2.75, 3.05) is 11.6 Å². The Kier molecular flexibility index (Phi) is 4.21. The summed E-state index contributed by atoms with van der Waals surface area (Å²) in [6.45, 7) is 0. The smallest absolute Gasteiger partial charge is 0.322 e. The van der Waals surface area contributed by atoms with Gasteiger partial charge >= 0.3 is 6.01 Å². The normalized spacial score (nSPS) is 11.6. The van der Waals surface area contributed by atoms with E-state index in [9.17, 15) is 13.2 Å². The number of fused-ring (bicyclic) bond motifs is 1. The van der Waals surface area contributed by atoms with Crippen molar-refractivity contribution < 1.29 is 17.6 Å². The third kappa shape index (κ3) is 3.57. The highest BCUT2D eigenvalue weighted by Crippen LogP contribution is 2.24. The number of nitrogens with one attached hydrogen (secondary N) is 1. The quantitative estimate of drug-likeness (QED) is 0.560. The van der Waals surface area contributed by atoms with E-state index in [-0.39, 0.29) is 21.8 Å². The molecule has 0 atom stereocenters. The number of hydrogen-bond donors (Lipinski definition) is 1. The van der Waals surface area contributed by atoms with Gasteiger partial charge in [-0.2, -0.15) is 0 Å². The van der Waals surface area contributed by atoms with Crippen molar-refractivity contribution in [2.24, 2.45) is 0 Å². The van der Waals surface area contributed by atoms with Gasteiger partial charge in [0.05, 0.1) is 15.1 Å². The molecule has 2 aromatic carbocycles. The molecule has 0 bridgehead atoms. The first-order valence-corrected chi connectivity index (χ1v) is 10.4. The molecule has 4 rings (SSSR count). The van der Waals surface area contributed by atoms with Crippen molar-refractivity contribution in [3.63, 3.8) is 0 Å². The SMILES string of the molecule is CS(=O)(=O)c1ccc(-c2nnc(NC(=O)c3nc4ccccc4s3)o2)cc1. The number of benzene rings is 2. The van der Waals surface area contributed by atoms with Crippen LogP contribution in [0.3, 0.4) is 0 Å². The van der Waals surface area contributed by atoms with Crippen LogP contribution in [0.4, 0.5) is 6.01 Å². The molecular weight excluding hydrogens is 388 g/mol. The molecule has 0 aliphatic heterocycles. The number of carbonyl (C=O) groups excluding carboxylic acids is 1. The molecule has 1 amide bonds. The minimum absolute atomic E-state index is 0.0681. The summed E-state index contributed by atoms with van der Waals surface area (Å²) in [5, 5.41) is 10.5. The van der Waals surface area contributed by atoms with E-state index in [1.165, 1.54) is 23.5 Å². The number of sulfone groups is 1. The maximum absolute atomic E-state index is 12.3. The minimum Gasteiger partial charge on any atom is -0.403 e. The second-order valence-electron chi connectivity index (χ2n) is 5.65. The maximum Gasteiger partial charge on any atom is 0.322 e. The maximum atomic E-state index is 12.3. The van der Waals surface area contributed by atoms with Crippen LogP contribution in [-0.2, 0) is 9.84 Å². The Bertz CT molecular complexity index is 1210. The van der Waals surface area contributed by atoms with Crippen LogP contribution in [0.2, 0.25) is 0 Å². The predicted octanol–water partition coefficient (Wildman–Crippen LogP) is 3.00. The summed E-state index contributed by atoms with van der Waals surface area (Å²) in [6, 6.07) is 13.4. The Balaban J connectivity index is 1.53. The van der Waals surface area contributed by atoms with Crippen LogP contribution in [0.5, 0.6) is 0 Å². The molecule has 2 heterocycles. The zero-order valence-corrected chi connectivity index (χ0v) is 15.5. The molecule has 0 spiro atoms. The second kappa shape index (κ2) is 6.56. The molecule has 0 aliphatic rings. The lowest BCUT2D eigenvalue weighted by Gasteiger charge is -1.99. The second-order valence-corrected chi connectivity index (χ2v) is 8.70. The number of anilines is 1. The van der Waals surface area contributed by atoms with Crippen LogP contribution in [0.1, 0.15) is 9.80 Å². The number of hydrogen-bond acceptors (Lipinski definition) is 8. The minimum atomic E-state index is -3.28. The van der Waals surface area contributed by atoms with Gasteiger partial charge in [-0.15, -0.1) is 16.4 Å². The van der Waals surface area contributed by atoms with Gasteiger partial charge in [0.15, 0.2) is 14.8 Å². The summed E-state index contributed by atoms with van der Waals surface area (Å²) in [5.41, 5.74) is 1.28. The Hall–Kier alpha value is -3.11. The highest BCUT2D eigenvalue weighted by molar-refractivity contribution is 7.90. The van der Waals surface area contributed by atoms with Crippen molar-refractivity contribution in [1.82, 2.24) is 15.2 Å². The fraction of sp³-hybridized carbons (Fsp3) is 0.0588. The Morgan fingerprint density at radius 2 is 1.81 bits per heavy atom. The van der Waals surface area contributed by atoms with Crippen LogP contribution in [0.25, 0.3) is 21.7 Å². The summed E-state index contributed by atoms with van der Waals surface area (Å²) < 4.78 is 29.3. The molecule has 2 aromatic heterocycles. The van der Waals surface area contributed by atoms with Crippen molar-refractivity contribution >= 4 is 43.3 Å². The first kappa shape index (κ1) is 17.3. The first-order valence-electron chi connectivity index (χ1n) is 7.71. The molecule has 136 valence electrons. The predicted molar refractivity (Wildman–Crippen MR) is 100 cm³/mol. The van der Waals surface area contributed by atoms with E-state index in [0.717, 1.165) is 16.5 Å². The van der Waals surface area contributed by atoms with Gasteiger partial charge in [0.25, 0.3) is 5.91 Å². The Morgan fingerprint density at radius 3 is 2.52 bits per heavy atom. The number of rotatable bonds is 4. The van der Waals surface area contributed by atoms with Crippen LogP contribution in [-0.4, -0.2) is 35.8 Å². The van der Waals surface area contributed by atoms with Gasteiger partial charge in [0, 0.05) is 11.8 Å². The summed E-state index contributed by atoms with van der Waals surface area (Å²) in [7, 11) is -3.28. The highest BCUT2D eigenvalue weighted by atomic mass is 32.2. The first-order chi connectivity index (χ1) is 12.9. The monoisotopic (exact) mass is 400 g/mol. The molecule has 10 heteroatoms. The summed E-state index contributed by atoms with van der Waals surface area (Å²) in [6.07, 6.45) is 1.13. The van der Waals surface area contributed by atoms with E-state index in [0.29, 0.717) is 5.56 Å². The molecule has 0 aliphatic carbocycles. The Morgan fingerprint density at radius 1 is 1.07 bits per heavy atom. The molecule has 0 unspecified atom stereocenters. The molecule has 0 saturated heterocycles. The van der Waals surface area contributed by atoms with Gasteiger partial charge < -0.3 is 4.42 Å². The fourth-order valence-electron chi connectivity index (χ4n) is 2.36. The molecule has 4 aromatic rings. The number of aromatic nitrogens is 3. The lowest BCUT2D eigenvalue weighted by atomic mass is 10.2. The van der Waals surface area contributed by atoms with Crippen LogP contribution in [0.15, 0.2) is 57.8 Å². The van der Waals surface area contributed by atoms with Gasteiger partial charge in [0.1, 0.15) is 0 Å². The van der Waals surface area contributed by atoms with Gasteiger partial charge in [-0.25, -0.2) is 13.4 Å². The molecule has 1 N–H and O–H groups in total. The third-order valence-corrected chi connectivity index (χ3v) is 5.83. The van der Waals surface area contributed by atoms with Crippen LogP contribution >= 0.6 is 11.3 Å². The van der Waals surface area contributed by atoms with Crippen molar-refractivity contribution in [2.45, 2.75) is 4.90 Å².